The average Bonchev–Trinajstić information content (AvgIpc) is 2.59. The van der Waals surface area contributed by atoms with Gasteiger partial charge in [-0.15, -0.1) is 0 Å². The zero-order chi connectivity index (χ0) is 18.7. The van der Waals surface area contributed by atoms with Crippen LogP contribution in [0.1, 0.15) is 19.4 Å². The minimum atomic E-state index is -3.31. The Morgan fingerprint density at radius 2 is 1.92 bits per heavy atom. The predicted molar refractivity (Wildman–Crippen MR) is 102 cm³/mol. The molecule has 0 spiro atoms. The molecule has 0 saturated heterocycles. The maximum absolute atomic E-state index is 11.8. The Labute approximate surface area is 153 Å². The summed E-state index contributed by atoms with van der Waals surface area (Å²) in [4.78, 5) is 8.73. The van der Waals surface area contributed by atoms with Gasteiger partial charge in [-0.05, 0) is 49.7 Å². The molecule has 0 aliphatic rings. The Morgan fingerprint density at radius 3 is 2.65 bits per heavy atom. The van der Waals surface area contributed by atoms with Gasteiger partial charge in [0.15, 0.2) is 9.84 Å². The van der Waals surface area contributed by atoms with Crippen LogP contribution in [0.3, 0.4) is 0 Å². The number of benzene rings is 2. The SMILES string of the molecule is CC(C)OCc1cccc(Nc2ncnc3ccc(S(C)(=O)=O)cc23)c1. The van der Waals surface area contributed by atoms with Crippen molar-refractivity contribution >= 4 is 32.2 Å². The summed E-state index contributed by atoms with van der Waals surface area (Å²) in [5.74, 6) is 0.558. The first-order valence-corrected chi connectivity index (χ1v) is 10.1. The van der Waals surface area contributed by atoms with Crippen LogP contribution in [0.2, 0.25) is 0 Å². The molecular formula is C19H21N3O3S. The fourth-order valence-electron chi connectivity index (χ4n) is 2.50. The molecule has 0 unspecified atom stereocenters. The number of sulfone groups is 1. The first-order valence-electron chi connectivity index (χ1n) is 8.25. The highest BCUT2D eigenvalue weighted by atomic mass is 32.2. The van der Waals surface area contributed by atoms with Crippen LogP contribution in [0.5, 0.6) is 0 Å². The highest BCUT2D eigenvalue weighted by Crippen LogP contribution is 2.26. The van der Waals surface area contributed by atoms with E-state index in [2.05, 4.69) is 15.3 Å². The van der Waals surface area contributed by atoms with Crippen LogP contribution in [-0.2, 0) is 21.2 Å². The molecule has 0 aliphatic carbocycles. The number of anilines is 2. The highest BCUT2D eigenvalue weighted by molar-refractivity contribution is 7.90. The number of ether oxygens (including phenoxy) is 1. The van der Waals surface area contributed by atoms with Gasteiger partial charge in [-0.25, -0.2) is 18.4 Å². The summed E-state index contributed by atoms with van der Waals surface area (Å²) in [6.45, 7) is 4.51. The molecule has 0 fully saturated rings. The summed E-state index contributed by atoms with van der Waals surface area (Å²) in [6, 6.07) is 12.7. The van der Waals surface area contributed by atoms with E-state index in [0.717, 1.165) is 11.3 Å². The molecule has 136 valence electrons. The molecule has 3 rings (SSSR count). The Morgan fingerprint density at radius 1 is 1.12 bits per heavy atom. The normalized spacial score (nSPS) is 11.8. The zero-order valence-electron chi connectivity index (χ0n) is 14.9. The van der Waals surface area contributed by atoms with Gasteiger partial charge in [0.2, 0.25) is 0 Å². The van der Waals surface area contributed by atoms with E-state index in [4.69, 9.17) is 4.74 Å². The quantitative estimate of drug-likeness (QED) is 0.711. The third-order valence-electron chi connectivity index (χ3n) is 3.81. The number of fused-ring (bicyclic) bond motifs is 1. The van der Waals surface area contributed by atoms with Gasteiger partial charge in [0, 0.05) is 17.3 Å². The van der Waals surface area contributed by atoms with E-state index in [0.29, 0.717) is 23.3 Å². The van der Waals surface area contributed by atoms with E-state index < -0.39 is 9.84 Å². The van der Waals surface area contributed by atoms with Crippen molar-refractivity contribution in [2.45, 2.75) is 31.5 Å². The molecule has 1 N–H and O–H groups in total. The lowest BCUT2D eigenvalue weighted by Gasteiger charge is -2.11. The van der Waals surface area contributed by atoms with E-state index in [9.17, 15) is 8.42 Å². The van der Waals surface area contributed by atoms with E-state index in [1.165, 1.54) is 12.6 Å². The summed E-state index contributed by atoms with van der Waals surface area (Å²) >= 11 is 0. The molecular weight excluding hydrogens is 350 g/mol. The average molecular weight is 371 g/mol. The van der Waals surface area contributed by atoms with Crippen molar-refractivity contribution in [1.82, 2.24) is 9.97 Å². The van der Waals surface area contributed by atoms with Crippen molar-refractivity contribution in [2.24, 2.45) is 0 Å². The monoisotopic (exact) mass is 371 g/mol. The highest BCUT2D eigenvalue weighted by Gasteiger charge is 2.11. The van der Waals surface area contributed by atoms with Gasteiger partial charge in [-0.3, -0.25) is 0 Å². The molecule has 0 aliphatic heterocycles. The third kappa shape index (κ3) is 4.36. The Hall–Kier alpha value is -2.51. The van der Waals surface area contributed by atoms with Crippen molar-refractivity contribution in [3.63, 3.8) is 0 Å². The summed E-state index contributed by atoms with van der Waals surface area (Å²) in [6.07, 6.45) is 2.80. The number of nitrogens with one attached hydrogen (secondary N) is 1. The summed E-state index contributed by atoms with van der Waals surface area (Å²) in [5.41, 5.74) is 2.56. The van der Waals surface area contributed by atoms with Crippen molar-refractivity contribution in [3.05, 3.63) is 54.4 Å². The molecule has 1 aromatic heterocycles. The fourth-order valence-corrected chi connectivity index (χ4v) is 3.15. The first kappa shape index (κ1) is 18.3. The molecule has 7 heteroatoms. The van der Waals surface area contributed by atoms with Crippen LogP contribution in [0.25, 0.3) is 10.9 Å². The van der Waals surface area contributed by atoms with Crippen LogP contribution < -0.4 is 5.32 Å². The second-order valence-electron chi connectivity index (χ2n) is 6.36. The van der Waals surface area contributed by atoms with Crippen molar-refractivity contribution in [1.29, 1.82) is 0 Å². The molecule has 0 radical (unpaired) electrons. The van der Waals surface area contributed by atoms with E-state index in [1.807, 2.05) is 38.1 Å². The number of rotatable bonds is 6. The van der Waals surface area contributed by atoms with Gasteiger partial charge in [-0.2, -0.15) is 0 Å². The standard InChI is InChI=1S/C19H21N3O3S/c1-13(2)25-11-14-5-4-6-15(9-14)22-19-17-10-16(26(3,23)24)7-8-18(17)20-12-21-19/h4-10,12-13H,11H2,1-3H3,(H,20,21,22). The summed E-state index contributed by atoms with van der Waals surface area (Å²) in [5, 5.41) is 3.90. The topological polar surface area (TPSA) is 81.2 Å². The number of aromatic nitrogens is 2. The second-order valence-corrected chi connectivity index (χ2v) is 8.37. The van der Waals surface area contributed by atoms with Gasteiger partial charge in [-0.1, -0.05) is 12.1 Å². The number of hydrogen-bond donors (Lipinski definition) is 1. The number of hydrogen-bond acceptors (Lipinski definition) is 6. The lowest BCUT2D eigenvalue weighted by atomic mass is 10.2. The Kier molecular flexibility index (Phi) is 5.20. The van der Waals surface area contributed by atoms with Gasteiger partial charge in [0.25, 0.3) is 0 Å². The molecule has 0 saturated carbocycles. The number of nitrogens with zero attached hydrogens (tertiary/aromatic N) is 2. The molecule has 1 heterocycles. The summed E-state index contributed by atoms with van der Waals surface area (Å²) in [7, 11) is -3.31. The molecule has 6 nitrogen and oxygen atoms in total. The van der Waals surface area contributed by atoms with Crippen LogP contribution in [0.15, 0.2) is 53.7 Å². The lowest BCUT2D eigenvalue weighted by Crippen LogP contribution is -2.03. The lowest BCUT2D eigenvalue weighted by molar-refractivity contribution is 0.0657. The van der Waals surface area contributed by atoms with E-state index in [1.54, 1.807) is 18.2 Å². The maximum Gasteiger partial charge on any atom is 0.175 e. The third-order valence-corrected chi connectivity index (χ3v) is 4.92. The van der Waals surface area contributed by atoms with Crippen LogP contribution in [0, 0.1) is 0 Å². The second kappa shape index (κ2) is 7.39. The summed E-state index contributed by atoms with van der Waals surface area (Å²) < 4.78 is 29.3. The Balaban J connectivity index is 1.95. The molecule has 26 heavy (non-hydrogen) atoms. The van der Waals surface area contributed by atoms with Crippen LogP contribution in [-0.4, -0.2) is 30.7 Å². The fraction of sp³-hybridized carbons (Fsp3) is 0.263. The van der Waals surface area contributed by atoms with Crippen LogP contribution in [0.4, 0.5) is 11.5 Å². The molecule has 3 aromatic rings. The maximum atomic E-state index is 11.8. The smallest absolute Gasteiger partial charge is 0.175 e. The van der Waals surface area contributed by atoms with E-state index in [-0.39, 0.29) is 11.0 Å². The van der Waals surface area contributed by atoms with Gasteiger partial charge >= 0.3 is 0 Å². The largest absolute Gasteiger partial charge is 0.374 e. The minimum absolute atomic E-state index is 0.159. The molecule has 0 amide bonds. The van der Waals surface area contributed by atoms with Gasteiger partial charge < -0.3 is 10.1 Å². The minimum Gasteiger partial charge on any atom is -0.374 e. The van der Waals surface area contributed by atoms with E-state index >= 15 is 0 Å². The first-order chi connectivity index (χ1) is 12.3. The van der Waals surface area contributed by atoms with Gasteiger partial charge in [0.1, 0.15) is 12.1 Å². The molecule has 0 bridgehead atoms. The zero-order valence-corrected chi connectivity index (χ0v) is 15.7. The Bertz CT molecular complexity index is 1030. The molecule has 2 aromatic carbocycles. The van der Waals surface area contributed by atoms with Crippen molar-refractivity contribution < 1.29 is 13.2 Å². The van der Waals surface area contributed by atoms with Crippen molar-refractivity contribution in [3.8, 4) is 0 Å². The van der Waals surface area contributed by atoms with Crippen LogP contribution >= 0.6 is 0 Å². The van der Waals surface area contributed by atoms with Crippen molar-refractivity contribution in [2.75, 3.05) is 11.6 Å². The predicted octanol–water partition coefficient (Wildman–Crippen LogP) is 3.70. The van der Waals surface area contributed by atoms with Gasteiger partial charge in [0.05, 0.1) is 23.1 Å². The molecule has 0 atom stereocenters.